The maximum atomic E-state index is 13.1. The largest absolute Gasteiger partial charge is 0.472 e. The highest BCUT2D eigenvalue weighted by Gasteiger charge is 2.30. The van der Waals surface area contributed by atoms with Crippen molar-refractivity contribution in [2.75, 3.05) is 39.6 Å². The van der Waals surface area contributed by atoms with Crippen molar-refractivity contribution < 1.29 is 80.2 Å². The molecule has 19 heteroatoms. The number of aliphatic hydroxyl groups is 1. The van der Waals surface area contributed by atoms with E-state index in [1.807, 2.05) is 0 Å². The molecule has 0 aromatic rings. The molecule has 572 valence electrons. The third kappa shape index (κ3) is 71.6. The van der Waals surface area contributed by atoms with Gasteiger partial charge in [-0.2, -0.15) is 0 Å². The van der Waals surface area contributed by atoms with Crippen LogP contribution in [-0.2, 0) is 65.4 Å². The van der Waals surface area contributed by atoms with Crippen LogP contribution in [-0.4, -0.2) is 96.7 Å². The lowest BCUT2D eigenvalue weighted by Gasteiger charge is -2.21. The van der Waals surface area contributed by atoms with Gasteiger partial charge >= 0.3 is 39.5 Å². The topological polar surface area (TPSA) is 237 Å². The number of aliphatic hydroxyl groups excluding tert-OH is 1. The fourth-order valence-corrected chi connectivity index (χ4v) is 11.4. The van der Waals surface area contributed by atoms with Gasteiger partial charge in [0.2, 0.25) is 0 Å². The summed E-state index contributed by atoms with van der Waals surface area (Å²) < 4.78 is 68.4. The molecule has 5 unspecified atom stereocenters. The molecule has 5 atom stereocenters. The summed E-state index contributed by atoms with van der Waals surface area (Å²) in [4.78, 5) is 72.9. The predicted molar refractivity (Wildman–Crippen MR) is 408 cm³/mol. The van der Waals surface area contributed by atoms with E-state index in [1.165, 1.54) is 38.5 Å². The van der Waals surface area contributed by atoms with Gasteiger partial charge in [0, 0.05) is 25.7 Å². The van der Waals surface area contributed by atoms with Gasteiger partial charge in [0.1, 0.15) is 19.3 Å². The van der Waals surface area contributed by atoms with E-state index in [4.69, 9.17) is 37.0 Å². The SMILES string of the molecule is CC/C=C\C/C=C\C/C=C\C/C=C\CCCCC(=O)OCC(COP(=O)(O)OCC(O)COP(=O)(O)OCC(COC(=O)CCCCCCC/C=C\C/C=C\C/C=C\CC)OC(=O)CCCCCCC/C=C\C/C=C\C/C=C\CC)OC(=O)CCCCCCC/C=C\CCCCCCCC. The Labute approximate surface area is 605 Å². The zero-order valence-corrected chi connectivity index (χ0v) is 64.1. The summed E-state index contributed by atoms with van der Waals surface area (Å²) >= 11 is 0. The third-order valence-electron chi connectivity index (χ3n) is 15.6. The molecular weight excluding hydrogens is 1310 g/mol. The Kier molecular flexibility index (Phi) is 69.1. The van der Waals surface area contributed by atoms with Gasteiger partial charge in [-0.1, -0.05) is 251 Å². The van der Waals surface area contributed by atoms with Gasteiger partial charge in [-0.25, -0.2) is 9.13 Å². The van der Waals surface area contributed by atoms with Crippen molar-refractivity contribution in [2.24, 2.45) is 0 Å². The summed E-state index contributed by atoms with van der Waals surface area (Å²) in [6.45, 7) is 4.43. The molecule has 0 radical (unpaired) electrons. The lowest BCUT2D eigenvalue weighted by Crippen LogP contribution is -2.30. The fourth-order valence-electron chi connectivity index (χ4n) is 9.82. The van der Waals surface area contributed by atoms with E-state index in [-0.39, 0.29) is 25.7 Å². The first-order valence-corrected chi connectivity index (χ1v) is 41.4. The molecule has 0 aromatic carbocycles. The Morgan fingerprint density at radius 3 is 0.830 bits per heavy atom. The van der Waals surface area contributed by atoms with Gasteiger partial charge in [-0.3, -0.25) is 37.3 Å². The van der Waals surface area contributed by atoms with Crippen molar-refractivity contribution in [3.8, 4) is 0 Å². The molecule has 0 aliphatic rings. The number of rotatable bonds is 71. The molecule has 0 amide bonds. The van der Waals surface area contributed by atoms with Crippen LogP contribution < -0.4 is 0 Å². The van der Waals surface area contributed by atoms with E-state index < -0.39 is 97.5 Å². The average Bonchev–Trinajstić information content (AvgIpc) is 1.01. The molecule has 0 aromatic heterocycles. The van der Waals surface area contributed by atoms with Crippen LogP contribution >= 0.6 is 15.6 Å². The minimum absolute atomic E-state index is 0.0673. The number of phosphoric acid groups is 2. The first-order valence-electron chi connectivity index (χ1n) is 38.4. The van der Waals surface area contributed by atoms with Gasteiger partial charge in [0.25, 0.3) is 0 Å². The van der Waals surface area contributed by atoms with Gasteiger partial charge < -0.3 is 33.8 Å². The summed E-state index contributed by atoms with van der Waals surface area (Å²) in [5.74, 6) is -2.27. The number of phosphoric ester groups is 2. The zero-order valence-electron chi connectivity index (χ0n) is 62.3. The lowest BCUT2D eigenvalue weighted by atomic mass is 10.1. The molecule has 0 saturated carbocycles. The summed E-state index contributed by atoms with van der Waals surface area (Å²) in [5, 5.41) is 10.6. The summed E-state index contributed by atoms with van der Waals surface area (Å²) in [6, 6.07) is 0. The molecule has 100 heavy (non-hydrogen) atoms. The Morgan fingerprint density at radius 1 is 0.290 bits per heavy atom. The molecule has 0 aliphatic heterocycles. The number of hydrogen-bond donors (Lipinski definition) is 3. The second-order valence-corrected chi connectivity index (χ2v) is 28.1. The van der Waals surface area contributed by atoms with Crippen LogP contribution in [0.15, 0.2) is 134 Å². The minimum Gasteiger partial charge on any atom is -0.462 e. The third-order valence-corrected chi connectivity index (χ3v) is 17.5. The van der Waals surface area contributed by atoms with E-state index in [2.05, 4.69) is 161 Å². The van der Waals surface area contributed by atoms with Crippen molar-refractivity contribution >= 4 is 39.5 Å². The van der Waals surface area contributed by atoms with Crippen LogP contribution in [0.25, 0.3) is 0 Å². The van der Waals surface area contributed by atoms with Crippen LogP contribution in [0.1, 0.15) is 297 Å². The smallest absolute Gasteiger partial charge is 0.462 e. The standard InChI is InChI=1S/C81H136O17P2/c1-5-9-13-17-21-25-29-33-37-41-45-49-53-57-61-65-78(83)91-71-76(97-80(85)67-63-59-55-51-47-43-39-35-31-27-23-19-15-11-7-3)73-95-99(87,88)93-69-75(82)70-94-100(89,90)96-74-77(98-81(86)68-64-60-56-52-48-44-40-36-32-28-24-20-16-12-8-4)72-92-79(84)66-62-58-54-50-46-42-38-34-30-26-22-18-14-10-6-2/h9-11,13-15,21-23,25-27,33-40,46,50,75-77,82H,5-8,12,16-20,24,28-32,41-45,47-49,51-74H2,1-4H3,(H,87,88)(H,89,90)/b13-9-,14-10-,15-11-,25-21-,26-22-,27-23-,37-33-,38-34-,39-35-,40-36-,50-46-. The molecule has 0 heterocycles. The van der Waals surface area contributed by atoms with Gasteiger partial charge in [0.15, 0.2) is 12.2 Å². The molecule has 0 bridgehead atoms. The normalized spacial score (nSPS) is 14.7. The highest BCUT2D eigenvalue weighted by molar-refractivity contribution is 7.47. The number of unbranched alkanes of at least 4 members (excludes halogenated alkanes) is 23. The van der Waals surface area contributed by atoms with Gasteiger partial charge in [-0.05, 0) is 154 Å². The molecule has 17 nitrogen and oxygen atoms in total. The van der Waals surface area contributed by atoms with Crippen molar-refractivity contribution in [1.29, 1.82) is 0 Å². The molecular formula is C81H136O17P2. The second kappa shape index (κ2) is 72.5. The molecule has 0 spiro atoms. The predicted octanol–water partition coefficient (Wildman–Crippen LogP) is 22.1. The monoisotopic (exact) mass is 1440 g/mol. The van der Waals surface area contributed by atoms with Crippen LogP contribution in [0.5, 0.6) is 0 Å². The summed E-state index contributed by atoms with van der Waals surface area (Å²) in [6.07, 6.45) is 80.1. The van der Waals surface area contributed by atoms with Crippen LogP contribution in [0.2, 0.25) is 0 Å². The Hall–Kier alpha value is -4.80. The number of ether oxygens (including phenoxy) is 4. The van der Waals surface area contributed by atoms with Gasteiger partial charge in [0.05, 0.1) is 26.4 Å². The van der Waals surface area contributed by atoms with E-state index in [0.29, 0.717) is 25.7 Å². The quantitative estimate of drug-likeness (QED) is 0.0169. The first-order chi connectivity index (χ1) is 48.7. The maximum Gasteiger partial charge on any atom is 0.472 e. The van der Waals surface area contributed by atoms with E-state index >= 15 is 0 Å². The zero-order chi connectivity index (χ0) is 73.2. The molecule has 0 rings (SSSR count). The highest BCUT2D eigenvalue weighted by atomic mass is 31.2. The number of allylic oxidation sites excluding steroid dienone is 22. The van der Waals surface area contributed by atoms with E-state index in [9.17, 15) is 43.2 Å². The molecule has 3 N–H and O–H groups in total. The van der Waals surface area contributed by atoms with Gasteiger partial charge in [-0.15, -0.1) is 0 Å². The van der Waals surface area contributed by atoms with Crippen molar-refractivity contribution in [1.82, 2.24) is 0 Å². The Bertz CT molecular complexity index is 2420. The summed E-state index contributed by atoms with van der Waals surface area (Å²) in [7, 11) is -9.98. The van der Waals surface area contributed by atoms with Crippen LogP contribution in [0.3, 0.4) is 0 Å². The maximum absolute atomic E-state index is 13.1. The van der Waals surface area contributed by atoms with Crippen molar-refractivity contribution in [3.05, 3.63) is 134 Å². The first kappa shape index (κ1) is 95.2. The summed E-state index contributed by atoms with van der Waals surface area (Å²) in [5.41, 5.74) is 0. The second-order valence-electron chi connectivity index (χ2n) is 25.1. The van der Waals surface area contributed by atoms with Crippen molar-refractivity contribution in [2.45, 2.75) is 316 Å². The van der Waals surface area contributed by atoms with Crippen LogP contribution in [0.4, 0.5) is 0 Å². The van der Waals surface area contributed by atoms with Crippen molar-refractivity contribution in [3.63, 3.8) is 0 Å². The molecule has 0 fully saturated rings. The van der Waals surface area contributed by atoms with Crippen LogP contribution in [0, 0.1) is 0 Å². The number of carbonyl (C=O) groups is 4. The Morgan fingerprint density at radius 2 is 0.520 bits per heavy atom. The fraction of sp³-hybridized carbons (Fsp3) is 0.679. The molecule has 0 aliphatic carbocycles. The average molecular weight is 1440 g/mol. The van der Waals surface area contributed by atoms with E-state index in [1.54, 1.807) is 0 Å². The lowest BCUT2D eigenvalue weighted by molar-refractivity contribution is -0.161. The number of esters is 4. The number of hydrogen-bond acceptors (Lipinski definition) is 15. The van der Waals surface area contributed by atoms with E-state index in [0.717, 1.165) is 180 Å². The number of carbonyl (C=O) groups excluding carboxylic acids is 4. The molecule has 0 saturated heterocycles. The highest BCUT2D eigenvalue weighted by Crippen LogP contribution is 2.45. The minimum atomic E-state index is -4.99. The Balaban J connectivity index is 5.43.